The van der Waals surface area contributed by atoms with E-state index in [-0.39, 0.29) is 6.04 Å². The molecule has 0 saturated carbocycles. The van der Waals surface area contributed by atoms with E-state index in [2.05, 4.69) is 15.3 Å². The maximum atomic E-state index is 10.8. The van der Waals surface area contributed by atoms with Gasteiger partial charge in [-0.25, -0.2) is 9.59 Å². The van der Waals surface area contributed by atoms with Crippen molar-refractivity contribution < 1.29 is 14.4 Å². The third-order valence-electron chi connectivity index (χ3n) is 1.52. The maximum absolute atomic E-state index is 10.8. The largest absolute Gasteiger partial charge is 0.352 e. The monoisotopic (exact) mass is 156 g/mol. The van der Waals surface area contributed by atoms with Crippen LogP contribution in [-0.4, -0.2) is 24.6 Å². The van der Waals surface area contributed by atoms with Crippen molar-refractivity contribution in [3.8, 4) is 0 Å². The minimum Gasteiger partial charge on any atom is -0.305 e. The van der Waals surface area contributed by atoms with Gasteiger partial charge in [-0.1, -0.05) is 0 Å². The molecule has 1 saturated heterocycles. The predicted octanol–water partition coefficient (Wildman–Crippen LogP) is -0.468. The van der Waals surface area contributed by atoms with Crippen LogP contribution in [0, 0.1) is 0 Å². The van der Waals surface area contributed by atoms with Gasteiger partial charge in [-0.15, -0.1) is 0 Å². The van der Waals surface area contributed by atoms with Gasteiger partial charge in [0, 0.05) is 5.16 Å². The Morgan fingerprint density at radius 3 is 3.09 bits per heavy atom. The Labute approximate surface area is 63.4 Å². The maximum Gasteiger partial charge on any atom is 0.352 e. The minimum absolute atomic E-state index is 0.299. The standard InChI is InChI=1S/C6H8N2O3/c9-4-8-11-6(10)5-2-1-3-7-5/h5,7H,1-3H2. The van der Waals surface area contributed by atoms with Crippen LogP contribution in [0.3, 0.4) is 0 Å². The highest BCUT2D eigenvalue weighted by Gasteiger charge is 2.23. The van der Waals surface area contributed by atoms with Crippen LogP contribution < -0.4 is 5.32 Å². The van der Waals surface area contributed by atoms with E-state index in [9.17, 15) is 9.59 Å². The molecule has 60 valence electrons. The van der Waals surface area contributed by atoms with E-state index in [1.54, 1.807) is 0 Å². The van der Waals surface area contributed by atoms with E-state index in [1.807, 2.05) is 0 Å². The summed E-state index contributed by atoms with van der Waals surface area (Å²) in [6, 6.07) is -0.299. The molecule has 1 N–H and O–H groups in total. The number of carbonyl (C=O) groups is 1. The zero-order valence-electron chi connectivity index (χ0n) is 5.87. The van der Waals surface area contributed by atoms with Gasteiger partial charge in [0.2, 0.25) is 0 Å². The first-order valence-corrected chi connectivity index (χ1v) is 3.36. The summed E-state index contributed by atoms with van der Waals surface area (Å²) in [6.45, 7) is 0.810. The minimum atomic E-state index is -0.508. The summed E-state index contributed by atoms with van der Waals surface area (Å²) in [6.07, 6.45) is 2.82. The van der Waals surface area contributed by atoms with Crippen molar-refractivity contribution in [2.45, 2.75) is 18.9 Å². The molecule has 1 aliphatic heterocycles. The summed E-state index contributed by atoms with van der Waals surface area (Å²) in [5.74, 6) is -0.508. The molecule has 1 heterocycles. The van der Waals surface area contributed by atoms with Gasteiger partial charge in [0.15, 0.2) is 0 Å². The van der Waals surface area contributed by atoms with Gasteiger partial charge in [-0.3, -0.25) is 0 Å². The van der Waals surface area contributed by atoms with Crippen LogP contribution in [0.1, 0.15) is 12.8 Å². The number of isocyanates is 1. The van der Waals surface area contributed by atoms with Crippen molar-refractivity contribution in [2.75, 3.05) is 6.54 Å². The molecule has 1 rings (SSSR count). The molecule has 0 aliphatic carbocycles. The Morgan fingerprint density at radius 2 is 2.55 bits per heavy atom. The lowest BCUT2D eigenvalue weighted by Crippen LogP contribution is -2.31. The molecule has 1 atom stereocenters. The average molecular weight is 156 g/mol. The highest BCUT2D eigenvalue weighted by atomic mass is 16.7. The second-order valence-corrected chi connectivity index (χ2v) is 2.24. The molecule has 0 aromatic rings. The summed E-state index contributed by atoms with van der Waals surface area (Å²) in [7, 11) is 0. The third-order valence-corrected chi connectivity index (χ3v) is 1.52. The van der Waals surface area contributed by atoms with Gasteiger partial charge >= 0.3 is 5.97 Å². The van der Waals surface area contributed by atoms with Crippen molar-refractivity contribution in [3.63, 3.8) is 0 Å². The summed E-state index contributed by atoms with van der Waals surface area (Å²) in [5.41, 5.74) is 0. The molecule has 1 aliphatic rings. The fourth-order valence-electron chi connectivity index (χ4n) is 1.01. The molecule has 0 aromatic heterocycles. The quantitative estimate of drug-likeness (QED) is 0.254. The van der Waals surface area contributed by atoms with Crippen molar-refractivity contribution in [1.82, 2.24) is 5.32 Å². The number of nitrogens with one attached hydrogen (secondary N) is 1. The molecule has 0 aromatic carbocycles. The zero-order chi connectivity index (χ0) is 8.10. The van der Waals surface area contributed by atoms with Crippen LogP contribution in [0.4, 0.5) is 0 Å². The van der Waals surface area contributed by atoms with Gasteiger partial charge in [-0.2, -0.15) is 0 Å². The van der Waals surface area contributed by atoms with Crippen LogP contribution in [0.15, 0.2) is 5.16 Å². The van der Waals surface area contributed by atoms with E-state index in [0.29, 0.717) is 0 Å². The second kappa shape index (κ2) is 3.85. The van der Waals surface area contributed by atoms with Crippen molar-refractivity contribution >= 4 is 12.0 Å². The smallest absolute Gasteiger partial charge is 0.305 e. The van der Waals surface area contributed by atoms with Gasteiger partial charge in [0.05, 0.1) is 0 Å². The number of hydrogen-bond acceptors (Lipinski definition) is 5. The van der Waals surface area contributed by atoms with Crippen LogP contribution in [0.2, 0.25) is 0 Å². The fraction of sp³-hybridized carbons (Fsp3) is 0.667. The fourth-order valence-corrected chi connectivity index (χ4v) is 1.01. The van der Waals surface area contributed by atoms with Crippen LogP contribution >= 0.6 is 0 Å². The molecule has 1 fully saturated rings. The van der Waals surface area contributed by atoms with E-state index < -0.39 is 5.97 Å². The molecule has 0 spiro atoms. The van der Waals surface area contributed by atoms with E-state index in [1.165, 1.54) is 0 Å². The van der Waals surface area contributed by atoms with Crippen LogP contribution in [-0.2, 0) is 14.4 Å². The van der Waals surface area contributed by atoms with Gasteiger partial charge in [-0.05, 0) is 19.4 Å². The molecular weight excluding hydrogens is 148 g/mol. The first-order chi connectivity index (χ1) is 5.34. The molecule has 0 bridgehead atoms. The lowest BCUT2D eigenvalue weighted by molar-refractivity contribution is -0.145. The molecular formula is C6H8N2O3. The molecule has 0 amide bonds. The molecule has 0 radical (unpaired) electrons. The zero-order valence-corrected chi connectivity index (χ0v) is 5.87. The topological polar surface area (TPSA) is 67.8 Å². The molecule has 1 unspecified atom stereocenters. The Bertz CT molecular complexity index is 192. The average Bonchev–Trinajstić information content (AvgIpc) is 2.52. The van der Waals surface area contributed by atoms with E-state index >= 15 is 0 Å². The normalized spacial score (nSPS) is 22.4. The highest BCUT2D eigenvalue weighted by Crippen LogP contribution is 2.05. The summed E-state index contributed by atoms with van der Waals surface area (Å²) < 4.78 is 0. The van der Waals surface area contributed by atoms with Crippen LogP contribution in [0.5, 0.6) is 0 Å². The lowest BCUT2D eigenvalue weighted by Gasteiger charge is -2.02. The van der Waals surface area contributed by atoms with Crippen molar-refractivity contribution in [3.05, 3.63) is 0 Å². The number of nitrogens with zero attached hydrogens (tertiary/aromatic N) is 1. The van der Waals surface area contributed by atoms with Gasteiger partial charge in [0.1, 0.15) is 6.04 Å². The molecule has 5 heteroatoms. The van der Waals surface area contributed by atoms with E-state index in [0.717, 1.165) is 25.5 Å². The van der Waals surface area contributed by atoms with Gasteiger partial charge < -0.3 is 10.2 Å². The SMILES string of the molecule is O=C=NOC(=O)C1CCCN1. The highest BCUT2D eigenvalue weighted by molar-refractivity contribution is 5.76. The van der Waals surface area contributed by atoms with E-state index in [4.69, 9.17) is 0 Å². The number of carbonyl (C=O) groups excluding carboxylic acids is 2. The number of rotatable bonds is 2. The summed E-state index contributed by atoms with van der Waals surface area (Å²) in [4.78, 5) is 24.6. The Hall–Kier alpha value is -1.19. The Kier molecular flexibility index (Phi) is 2.77. The molecule has 11 heavy (non-hydrogen) atoms. The van der Waals surface area contributed by atoms with Crippen molar-refractivity contribution in [1.29, 1.82) is 0 Å². The lowest BCUT2D eigenvalue weighted by atomic mass is 10.2. The third kappa shape index (κ3) is 2.14. The number of hydrogen-bond donors (Lipinski definition) is 1. The Balaban J connectivity index is 2.34. The predicted molar refractivity (Wildman–Crippen MR) is 35.2 cm³/mol. The van der Waals surface area contributed by atoms with Gasteiger partial charge in [0.25, 0.3) is 6.08 Å². The Morgan fingerprint density at radius 1 is 1.73 bits per heavy atom. The first kappa shape index (κ1) is 7.91. The first-order valence-electron chi connectivity index (χ1n) is 3.36. The second-order valence-electron chi connectivity index (χ2n) is 2.24. The van der Waals surface area contributed by atoms with Crippen LogP contribution in [0.25, 0.3) is 0 Å². The molecule has 5 nitrogen and oxygen atoms in total. The summed E-state index contributed by atoms with van der Waals surface area (Å²) in [5, 5.41) is 5.62. The van der Waals surface area contributed by atoms with Crippen molar-refractivity contribution in [2.24, 2.45) is 5.16 Å². The summed E-state index contributed by atoms with van der Waals surface area (Å²) >= 11 is 0.